The first-order valence-corrected chi connectivity index (χ1v) is 8.97. The molecule has 0 N–H and O–H groups in total. The van der Waals surface area contributed by atoms with Crippen molar-refractivity contribution >= 4 is 16.9 Å². The molecule has 5 rings (SSSR count). The number of nitrogens with zero attached hydrogens (tertiary/aromatic N) is 2. The number of carbonyl (C=O) groups excluding carboxylic acids is 1. The zero-order chi connectivity index (χ0) is 17.8. The van der Waals surface area contributed by atoms with Gasteiger partial charge in [0.15, 0.2) is 0 Å². The summed E-state index contributed by atoms with van der Waals surface area (Å²) in [5.41, 5.74) is 5.05. The Bertz CT molecular complexity index is 1020. The Balaban J connectivity index is 1.66. The third kappa shape index (κ3) is 2.09. The summed E-state index contributed by atoms with van der Waals surface area (Å²) in [4.78, 5) is 17.1. The SMILES string of the molecule is COC(=O)C1=CO[C@H](C)[C@@H]2Cn3ccc4c5ccccc5nc-4c3C[C@@H]12. The van der Waals surface area contributed by atoms with E-state index in [1.807, 2.05) is 18.2 Å². The molecule has 3 atom stereocenters. The van der Waals surface area contributed by atoms with Gasteiger partial charge in [-0.3, -0.25) is 0 Å². The number of aromatic nitrogens is 2. The van der Waals surface area contributed by atoms with Crippen LogP contribution >= 0.6 is 0 Å². The molecule has 0 amide bonds. The van der Waals surface area contributed by atoms with Gasteiger partial charge in [-0.05, 0) is 25.5 Å². The number of hydrogen-bond donors (Lipinski definition) is 0. The number of esters is 1. The highest BCUT2D eigenvalue weighted by Crippen LogP contribution is 2.42. The van der Waals surface area contributed by atoms with Crippen molar-refractivity contribution in [1.82, 2.24) is 9.55 Å². The molecule has 4 aliphatic heterocycles. The quantitative estimate of drug-likeness (QED) is 0.633. The van der Waals surface area contributed by atoms with Gasteiger partial charge in [0.1, 0.15) is 6.10 Å². The predicted molar refractivity (Wildman–Crippen MR) is 97.7 cm³/mol. The third-order valence-electron chi connectivity index (χ3n) is 5.89. The van der Waals surface area contributed by atoms with Gasteiger partial charge >= 0.3 is 5.97 Å². The van der Waals surface area contributed by atoms with Crippen LogP contribution in [0.1, 0.15) is 12.6 Å². The number of ether oxygens (including phenoxy) is 2. The molecule has 4 heterocycles. The summed E-state index contributed by atoms with van der Waals surface area (Å²) in [5, 5.41) is 1.18. The monoisotopic (exact) mass is 348 g/mol. The molecule has 132 valence electrons. The van der Waals surface area contributed by atoms with Gasteiger partial charge in [-0.25, -0.2) is 9.78 Å². The minimum atomic E-state index is -0.298. The molecule has 0 saturated carbocycles. The number of fused-ring (bicyclic) bond motifs is 6. The first-order valence-electron chi connectivity index (χ1n) is 8.97. The summed E-state index contributed by atoms with van der Waals surface area (Å²) in [5.74, 6) is 0.0400. The van der Waals surface area contributed by atoms with Crippen LogP contribution in [0, 0.1) is 11.8 Å². The van der Waals surface area contributed by atoms with Crippen molar-refractivity contribution in [3.05, 3.63) is 54.1 Å². The molecule has 5 nitrogen and oxygen atoms in total. The van der Waals surface area contributed by atoms with E-state index in [1.165, 1.54) is 23.8 Å². The number of methoxy groups -OCH3 is 1. The maximum atomic E-state index is 12.3. The number of benzene rings is 1. The fourth-order valence-electron chi connectivity index (χ4n) is 4.49. The summed E-state index contributed by atoms with van der Waals surface area (Å²) in [6, 6.07) is 10.4. The maximum Gasteiger partial charge on any atom is 0.337 e. The van der Waals surface area contributed by atoms with E-state index in [0.717, 1.165) is 24.2 Å². The van der Waals surface area contributed by atoms with Gasteiger partial charge in [0.25, 0.3) is 0 Å². The van der Waals surface area contributed by atoms with Crippen LogP contribution < -0.4 is 0 Å². The standard InChI is InChI=1S/C21H20N2O3/c1-12-16-10-23-8-7-14-13-5-3-4-6-18(13)22-20(14)19(23)9-15(16)17(11-26-12)21(24)25-2/h3-8,11-12,15-16H,9-10H2,1-2H3/t12-,15-,16+/m1/s1. The van der Waals surface area contributed by atoms with Crippen LogP contribution in [0.3, 0.4) is 0 Å². The van der Waals surface area contributed by atoms with Crippen molar-refractivity contribution in [2.24, 2.45) is 11.8 Å². The van der Waals surface area contributed by atoms with E-state index in [1.54, 1.807) is 6.26 Å². The van der Waals surface area contributed by atoms with Crippen LogP contribution in [0.4, 0.5) is 0 Å². The second kappa shape index (κ2) is 5.59. The fraction of sp³-hybridized carbons (Fsp3) is 0.333. The largest absolute Gasteiger partial charge is 0.497 e. The van der Waals surface area contributed by atoms with E-state index < -0.39 is 0 Å². The maximum absolute atomic E-state index is 12.3. The fourth-order valence-corrected chi connectivity index (χ4v) is 4.49. The number of carbonyl (C=O) groups is 1. The summed E-state index contributed by atoms with van der Waals surface area (Å²) in [6.45, 7) is 2.88. The van der Waals surface area contributed by atoms with Crippen LogP contribution in [0.15, 0.2) is 48.4 Å². The van der Waals surface area contributed by atoms with Gasteiger partial charge in [0, 0.05) is 41.2 Å². The van der Waals surface area contributed by atoms with Gasteiger partial charge in [0.05, 0.1) is 30.2 Å². The molecule has 0 saturated heterocycles. The van der Waals surface area contributed by atoms with Crippen molar-refractivity contribution in [2.75, 3.05) is 7.11 Å². The second-order valence-electron chi connectivity index (χ2n) is 7.19. The number of hydrogen-bond acceptors (Lipinski definition) is 4. The minimum absolute atomic E-state index is 0.0662. The van der Waals surface area contributed by atoms with Gasteiger partial charge in [0.2, 0.25) is 0 Å². The number of rotatable bonds is 1. The minimum Gasteiger partial charge on any atom is -0.497 e. The normalized spacial score (nSPS) is 24.5. The third-order valence-corrected chi connectivity index (χ3v) is 5.89. The zero-order valence-electron chi connectivity index (χ0n) is 14.8. The van der Waals surface area contributed by atoms with Crippen LogP contribution in [0.5, 0.6) is 0 Å². The summed E-state index contributed by atoms with van der Waals surface area (Å²) >= 11 is 0. The molecule has 1 aromatic rings. The lowest BCUT2D eigenvalue weighted by Crippen LogP contribution is -2.42. The Morgan fingerprint density at radius 2 is 2.15 bits per heavy atom. The first kappa shape index (κ1) is 15.4. The molecule has 0 aromatic heterocycles. The van der Waals surface area contributed by atoms with E-state index in [2.05, 4.69) is 29.8 Å². The molecule has 4 aliphatic rings. The number of para-hydroxylation sites is 1. The van der Waals surface area contributed by atoms with E-state index in [4.69, 9.17) is 14.5 Å². The van der Waals surface area contributed by atoms with Crippen molar-refractivity contribution < 1.29 is 14.3 Å². The lowest BCUT2D eigenvalue weighted by molar-refractivity contribution is -0.138. The van der Waals surface area contributed by atoms with Crippen LogP contribution in [-0.4, -0.2) is 28.7 Å². The Morgan fingerprint density at radius 3 is 3.00 bits per heavy atom. The summed E-state index contributed by atoms with van der Waals surface area (Å²) in [6.07, 6.45) is 4.57. The average molecular weight is 348 g/mol. The van der Waals surface area contributed by atoms with Crippen molar-refractivity contribution in [3.8, 4) is 11.3 Å². The molecular weight excluding hydrogens is 328 g/mol. The smallest absolute Gasteiger partial charge is 0.337 e. The summed E-state index contributed by atoms with van der Waals surface area (Å²) < 4.78 is 13.0. The highest BCUT2D eigenvalue weighted by atomic mass is 16.5. The molecule has 0 fully saturated rings. The van der Waals surface area contributed by atoms with Gasteiger partial charge in [-0.2, -0.15) is 0 Å². The van der Waals surface area contributed by atoms with Gasteiger partial charge in [-0.15, -0.1) is 0 Å². The molecule has 0 bridgehead atoms. The molecular formula is C21H20N2O3. The van der Waals surface area contributed by atoms with Gasteiger partial charge < -0.3 is 14.0 Å². The van der Waals surface area contributed by atoms with Crippen molar-refractivity contribution in [2.45, 2.75) is 26.0 Å². The van der Waals surface area contributed by atoms with E-state index >= 15 is 0 Å². The zero-order valence-corrected chi connectivity index (χ0v) is 14.8. The highest BCUT2D eigenvalue weighted by Gasteiger charge is 2.42. The van der Waals surface area contributed by atoms with Crippen molar-refractivity contribution in [1.29, 1.82) is 0 Å². The van der Waals surface area contributed by atoms with Crippen LogP contribution in [0.25, 0.3) is 22.2 Å². The molecule has 0 aliphatic carbocycles. The number of pyridine rings is 1. The molecule has 0 radical (unpaired) electrons. The lowest BCUT2D eigenvalue weighted by atomic mass is 9.75. The first-order chi connectivity index (χ1) is 12.7. The summed E-state index contributed by atoms with van der Waals surface area (Å²) in [7, 11) is 1.42. The Labute approximate surface area is 151 Å². The molecule has 0 unspecified atom stereocenters. The van der Waals surface area contributed by atoms with Crippen LogP contribution in [-0.2, 0) is 27.2 Å². The lowest BCUT2D eigenvalue weighted by Gasteiger charge is -2.41. The average Bonchev–Trinajstić information content (AvgIpc) is 3.06. The van der Waals surface area contributed by atoms with Gasteiger partial charge in [-0.1, -0.05) is 18.2 Å². The highest BCUT2D eigenvalue weighted by molar-refractivity contribution is 5.98. The molecule has 1 aromatic carbocycles. The van der Waals surface area contributed by atoms with E-state index in [-0.39, 0.29) is 23.9 Å². The molecule has 26 heavy (non-hydrogen) atoms. The molecule has 5 heteroatoms. The Morgan fingerprint density at radius 1 is 1.31 bits per heavy atom. The Hall–Kier alpha value is -2.82. The Kier molecular flexibility index (Phi) is 3.32. The topological polar surface area (TPSA) is 53.4 Å². The second-order valence-corrected chi connectivity index (χ2v) is 7.19. The van der Waals surface area contributed by atoms with E-state index in [9.17, 15) is 4.79 Å². The predicted octanol–water partition coefficient (Wildman–Crippen LogP) is 3.41. The van der Waals surface area contributed by atoms with Crippen LogP contribution in [0.2, 0.25) is 0 Å². The molecule has 0 spiro atoms. The van der Waals surface area contributed by atoms with E-state index in [0.29, 0.717) is 5.57 Å². The van der Waals surface area contributed by atoms with Crippen molar-refractivity contribution in [3.63, 3.8) is 0 Å².